The summed E-state index contributed by atoms with van der Waals surface area (Å²) in [7, 11) is 0. The highest BCUT2D eigenvalue weighted by molar-refractivity contribution is 6.07. The lowest BCUT2D eigenvalue weighted by Crippen LogP contribution is -3.00. The SMILES string of the molecule is CC[N+](CC)(CC)CCCOCl.[Cl-]. The quantitative estimate of drug-likeness (QED) is 0.420. The van der Waals surface area contributed by atoms with Gasteiger partial charge in [0, 0.05) is 6.42 Å². The fourth-order valence-corrected chi connectivity index (χ4v) is 1.71. The second-order valence-corrected chi connectivity index (χ2v) is 3.40. The monoisotopic (exact) mass is 229 g/mol. The van der Waals surface area contributed by atoms with Crippen molar-refractivity contribution >= 4 is 11.9 Å². The maximum Gasteiger partial charge on any atom is 0.0809 e. The van der Waals surface area contributed by atoms with E-state index in [9.17, 15) is 0 Å². The number of halogens is 2. The smallest absolute Gasteiger partial charge is 0.0809 e. The molecule has 0 amide bonds. The van der Waals surface area contributed by atoms with Crippen molar-refractivity contribution in [2.75, 3.05) is 32.8 Å². The van der Waals surface area contributed by atoms with Crippen LogP contribution >= 0.6 is 11.9 Å². The largest absolute Gasteiger partial charge is 1.00 e. The van der Waals surface area contributed by atoms with Gasteiger partial charge in [-0.15, -0.1) is 0 Å². The number of rotatable bonds is 7. The third kappa shape index (κ3) is 5.74. The molecule has 0 N–H and O–H groups in total. The van der Waals surface area contributed by atoms with E-state index in [2.05, 4.69) is 25.1 Å². The van der Waals surface area contributed by atoms with Gasteiger partial charge in [0.05, 0.1) is 44.7 Å². The van der Waals surface area contributed by atoms with E-state index in [1.165, 1.54) is 30.7 Å². The molecule has 4 heteroatoms. The van der Waals surface area contributed by atoms with Crippen molar-refractivity contribution in [1.29, 1.82) is 0 Å². The molecule has 82 valence electrons. The van der Waals surface area contributed by atoms with Crippen LogP contribution in [0, 0.1) is 0 Å². The zero-order chi connectivity index (χ0) is 9.45. The van der Waals surface area contributed by atoms with E-state index < -0.39 is 0 Å². The summed E-state index contributed by atoms with van der Waals surface area (Å²) < 4.78 is 5.71. The predicted octanol–water partition coefficient (Wildman–Crippen LogP) is -0.573. The second-order valence-electron chi connectivity index (χ2n) is 3.18. The highest BCUT2D eigenvalue weighted by Gasteiger charge is 2.19. The van der Waals surface area contributed by atoms with Gasteiger partial charge in [-0.25, -0.2) is 0 Å². The van der Waals surface area contributed by atoms with E-state index in [0.29, 0.717) is 6.61 Å². The highest BCUT2D eigenvalue weighted by atomic mass is 35.5. The van der Waals surface area contributed by atoms with Crippen LogP contribution in [0.15, 0.2) is 0 Å². The van der Waals surface area contributed by atoms with Crippen molar-refractivity contribution in [1.82, 2.24) is 0 Å². The fourth-order valence-electron chi connectivity index (χ4n) is 1.60. The zero-order valence-corrected chi connectivity index (χ0v) is 10.4. The van der Waals surface area contributed by atoms with Gasteiger partial charge in [0.2, 0.25) is 0 Å². The fraction of sp³-hybridized carbons (Fsp3) is 1.00. The Kier molecular flexibility index (Phi) is 11.1. The minimum Gasteiger partial charge on any atom is -1.00 e. The molecule has 0 rings (SSSR count). The molecule has 0 aromatic carbocycles. The van der Waals surface area contributed by atoms with E-state index in [1.807, 2.05) is 0 Å². The average molecular weight is 230 g/mol. The van der Waals surface area contributed by atoms with Gasteiger partial charge >= 0.3 is 0 Å². The zero-order valence-electron chi connectivity index (χ0n) is 8.85. The Morgan fingerprint density at radius 1 is 1.08 bits per heavy atom. The van der Waals surface area contributed by atoms with Gasteiger partial charge in [-0.2, -0.15) is 0 Å². The standard InChI is InChI=1S/C9H21ClNO.ClH/c1-4-11(5-2,6-3)8-7-9-12-10;/h4-9H2,1-3H3;1H/q+1;/p-1. The van der Waals surface area contributed by atoms with Crippen LogP contribution < -0.4 is 12.4 Å². The van der Waals surface area contributed by atoms with Gasteiger partial charge in [0.1, 0.15) is 0 Å². The van der Waals surface area contributed by atoms with E-state index in [0.717, 1.165) is 6.42 Å². The van der Waals surface area contributed by atoms with Crippen molar-refractivity contribution in [2.45, 2.75) is 27.2 Å². The molecule has 0 aliphatic rings. The molecule has 0 aliphatic carbocycles. The average Bonchev–Trinajstić information content (AvgIpc) is 2.14. The van der Waals surface area contributed by atoms with Crippen molar-refractivity contribution in [3.8, 4) is 0 Å². The maximum absolute atomic E-state index is 5.15. The number of hydrogen-bond donors (Lipinski definition) is 0. The molecule has 0 atom stereocenters. The highest BCUT2D eigenvalue weighted by Crippen LogP contribution is 2.07. The molecule has 0 radical (unpaired) electrons. The molecule has 0 saturated heterocycles. The van der Waals surface area contributed by atoms with E-state index in [4.69, 9.17) is 11.9 Å². The van der Waals surface area contributed by atoms with Crippen molar-refractivity contribution in [2.24, 2.45) is 0 Å². The molecule has 0 aliphatic heterocycles. The van der Waals surface area contributed by atoms with Crippen LogP contribution in [0.25, 0.3) is 0 Å². The second kappa shape index (κ2) is 9.07. The lowest BCUT2D eigenvalue weighted by atomic mass is 10.3. The summed E-state index contributed by atoms with van der Waals surface area (Å²) in [5, 5.41) is 0. The summed E-state index contributed by atoms with van der Waals surface area (Å²) in [6.07, 6.45) is 1.05. The van der Waals surface area contributed by atoms with Crippen LogP contribution in [0.5, 0.6) is 0 Å². The third-order valence-corrected chi connectivity index (χ3v) is 3.02. The van der Waals surface area contributed by atoms with Gasteiger partial charge in [0.15, 0.2) is 0 Å². The Morgan fingerprint density at radius 2 is 1.54 bits per heavy atom. The molecule has 13 heavy (non-hydrogen) atoms. The minimum absolute atomic E-state index is 0. The van der Waals surface area contributed by atoms with E-state index in [-0.39, 0.29) is 12.4 Å². The predicted molar refractivity (Wildman–Crippen MR) is 53.2 cm³/mol. The third-order valence-electron chi connectivity index (χ3n) is 2.87. The van der Waals surface area contributed by atoms with Gasteiger partial charge in [0.25, 0.3) is 0 Å². The van der Waals surface area contributed by atoms with Crippen molar-refractivity contribution in [3.05, 3.63) is 0 Å². The van der Waals surface area contributed by atoms with Gasteiger partial charge in [-0.05, 0) is 20.8 Å². The first-order chi connectivity index (χ1) is 5.74. The van der Waals surface area contributed by atoms with Crippen LogP contribution in [0.4, 0.5) is 0 Å². The van der Waals surface area contributed by atoms with Crippen LogP contribution in [-0.4, -0.2) is 37.3 Å². The van der Waals surface area contributed by atoms with Crippen molar-refractivity contribution in [3.63, 3.8) is 0 Å². The molecule has 0 bridgehead atoms. The maximum atomic E-state index is 5.15. The van der Waals surface area contributed by atoms with Crippen LogP contribution in [0.3, 0.4) is 0 Å². The van der Waals surface area contributed by atoms with Crippen LogP contribution in [0.1, 0.15) is 27.2 Å². The van der Waals surface area contributed by atoms with E-state index in [1.54, 1.807) is 0 Å². The van der Waals surface area contributed by atoms with E-state index >= 15 is 0 Å². The van der Waals surface area contributed by atoms with Crippen molar-refractivity contribution < 1.29 is 21.2 Å². The van der Waals surface area contributed by atoms with Crippen LogP contribution in [-0.2, 0) is 4.29 Å². The Balaban J connectivity index is 0. The number of quaternary nitrogens is 1. The Hall–Kier alpha value is 0.500. The first kappa shape index (κ1) is 15.9. The first-order valence-electron chi connectivity index (χ1n) is 4.83. The topological polar surface area (TPSA) is 9.23 Å². The normalized spacial score (nSPS) is 11.1. The number of hydrogen-bond acceptors (Lipinski definition) is 1. The molecular weight excluding hydrogens is 209 g/mol. The number of nitrogens with zero attached hydrogens (tertiary/aromatic N) is 1. The molecular formula is C9H21Cl2NO. The first-order valence-corrected chi connectivity index (χ1v) is 5.14. The Bertz CT molecular complexity index is 99.5. The summed E-state index contributed by atoms with van der Waals surface area (Å²) in [5.41, 5.74) is 0. The summed E-state index contributed by atoms with van der Waals surface area (Å²) in [6.45, 7) is 12.2. The summed E-state index contributed by atoms with van der Waals surface area (Å²) in [6, 6.07) is 0. The van der Waals surface area contributed by atoms with Gasteiger partial charge < -0.3 is 16.9 Å². The molecule has 0 heterocycles. The lowest BCUT2D eigenvalue weighted by Gasteiger charge is -2.35. The summed E-state index contributed by atoms with van der Waals surface area (Å²) in [4.78, 5) is 0. The minimum atomic E-state index is 0. The Morgan fingerprint density at radius 3 is 1.85 bits per heavy atom. The van der Waals surface area contributed by atoms with Crippen LogP contribution in [0.2, 0.25) is 0 Å². The van der Waals surface area contributed by atoms with Gasteiger partial charge in [-0.3, -0.25) is 4.29 Å². The summed E-state index contributed by atoms with van der Waals surface area (Å²) >= 11 is 5.15. The molecule has 0 spiro atoms. The Labute approximate surface area is 93.4 Å². The molecule has 2 nitrogen and oxygen atoms in total. The molecule has 0 saturated carbocycles. The molecule has 0 aromatic rings. The molecule has 0 unspecified atom stereocenters. The molecule has 0 fully saturated rings. The summed E-state index contributed by atoms with van der Waals surface area (Å²) in [5.74, 6) is 0. The molecule has 0 aromatic heterocycles. The van der Waals surface area contributed by atoms with Gasteiger partial charge in [-0.1, -0.05) is 0 Å². The lowest BCUT2D eigenvalue weighted by molar-refractivity contribution is -0.923.